The van der Waals surface area contributed by atoms with Gasteiger partial charge >= 0.3 is 0 Å². The zero-order valence-electron chi connectivity index (χ0n) is 10.8. The zero-order valence-corrected chi connectivity index (χ0v) is 12.9. The fourth-order valence-corrected chi connectivity index (χ4v) is 2.42. The van der Waals surface area contributed by atoms with Crippen LogP contribution >= 0.6 is 22.6 Å². The van der Waals surface area contributed by atoms with Crippen LogP contribution in [0.4, 0.5) is 0 Å². The highest BCUT2D eigenvalue weighted by Crippen LogP contribution is 2.22. The number of benzene rings is 1. The van der Waals surface area contributed by atoms with Crippen molar-refractivity contribution in [2.45, 2.75) is 25.9 Å². The van der Waals surface area contributed by atoms with Crippen molar-refractivity contribution in [2.24, 2.45) is 0 Å². The molecule has 4 nitrogen and oxygen atoms in total. The van der Waals surface area contributed by atoms with E-state index in [1.807, 2.05) is 46.9 Å². The fraction of sp³-hybridized carbons (Fsp3) is 0.357. The summed E-state index contributed by atoms with van der Waals surface area (Å²) in [5, 5.41) is 0. The summed E-state index contributed by atoms with van der Waals surface area (Å²) >= 11 is 2.01. The van der Waals surface area contributed by atoms with Gasteiger partial charge in [0.1, 0.15) is 11.9 Å². The first-order valence-corrected chi connectivity index (χ1v) is 6.99. The van der Waals surface area contributed by atoms with Crippen molar-refractivity contribution in [3.8, 4) is 5.75 Å². The minimum Gasteiger partial charge on any atom is -0.497 e. The molecule has 0 bridgehead atoms. The van der Waals surface area contributed by atoms with E-state index in [9.17, 15) is 4.79 Å². The molecular weight excluding hydrogens is 359 g/mol. The second-order valence-electron chi connectivity index (χ2n) is 4.18. The van der Waals surface area contributed by atoms with Crippen molar-refractivity contribution in [3.63, 3.8) is 0 Å². The van der Waals surface area contributed by atoms with Gasteiger partial charge in [0.25, 0.3) is 0 Å². The van der Waals surface area contributed by atoms with E-state index in [0.29, 0.717) is 10.2 Å². The maximum Gasteiger partial charge on any atom is 0.197 e. The van der Waals surface area contributed by atoms with Crippen LogP contribution in [-0.4, -0.2) is 25.3 Å². The topological polar surface area (TPSA) is 44.8 Å². The molecule has 0 unspecified atom stereocenters. The molecule has 0 saturated carbocycles. The van der Waals surface area contributed by atoms with Crippen LogP contribution in [0.1, 0.15) is 12.5 Å². The Bertz CT molecular complexity index is 481. The van der Waals surface area contributed by atoms with Crippen molar-refractivity contribution in [1.29, 1.82) is 0 Å². The number of ether oxygens (including phenoxy) is 3. The van der Waals surface area contributed by atoms with Gasteiger partial charge in [-0.05, 0) is 53.3 Å². The average Bonchev–Trinajstić information content (AvgIpc) is 2.43. The molecule has 0 aromatic heterocycles. The summed E-state index contributed by atoms with van der Waals surface area (Å²) < 4.78 is 16.8. The van der Waals surface area contributed by atoms with E-state index >= 15 is 0 Å². The monoisotopic (exact) mass is 374 g/mol. The Labute approximate surface area is 125 Å². The molecule has 0 radical (unpaired) electrons. The van der Waals surface area contributed by atoms with Crippen LogP contribution < -0.4 is 4.74 Å². The van der Waals surface area contributed by atoms with Gasteiger partial charge in [-0.15, -0.1) is 0 Å². The number of carbonyl (C=O) groups is 1. The quantitative estimate of drug-likeness (QED) is 0.761. The third-order valence-corrected chi connectivity index (χ3v) is 3.69. The van der Waals surface area contributed by atoms with Gasteiger partial charge in [-0.3, -0.25) is 4.79 Å². The van der Waals surface area contributed by atoms with Crippen molar-refractivity contribution in [1.82, 2.24) is 0 Å². The molecule has 1 aromatic rings. The summed E-state index contributed by atoms with van der Waals surface area (Å²) in [7, 11) is 1.63. The minimum absolute atomic E-state index is 0.00453. The van der Waals surface area contributed by atoms with E-state index < -0.39 is 12.4 Å². The smallest absolute Gasteiger partial charge is 0.197 e. The predicted molar refractivity (Wildman–Crippen MR) is 79.2 cm³/mol. The third kappa shape index (κ3) is 3.77. The molecule has 0 fully saturated rings. The number of halogens is 1. The lowest BCUT2D eigenvalue weighted by molar-refractivity contribution is -0.163. The highest BCUT2D eigenvalue weighted by atomic mass is 127. The summed E-state index contributed by atoms with van der Waals surface area (Å²) in [6.45, 7) is 2.16. The Morgan fingerprint density at radius 2 is 2.00 bits per heavy atom. The highest BCUT2D eigenvalue weighted by molar-refractivity contribution is 14.1. The molecule has 0 spiro atoms. The average molecular weight is 374 g/mol. The molecule has 5 heteroatoms. The number of carbonyl (C=O) groups excluding carboxylic acids is 1. The zero-order chi connectivity index (χ0) is 13.8. The Balaban J connectivity index is 1.93. The van der Waals surface area contributed by atoms with Crippen LogP contribution in [0.5, 0.6) is 5.75 Å². The molecule has 0 saturated heterocycles. The molecule has 0 aliphatic carbocycles. The Hall–Kier alpha value is -0.920. The normalized spacial score (nSPS) is 23.1. The highest BCUT2D eigenvalue weighted by Gasteiger charge is 2.26. The van der Waals surface area contributed by atoms with Crippen LogP contribution in [0.25, 0.3) is 0 Å². The summed E-state index contributed by atoms with van der Waals surface area (Å²) in [5.74, 6) is 0.816. The number of hydrogen-bond acceptors (Lipinski definition) is 4. The summed E-state index contributed by atoms with van der Waals surface area (Å²) in [4.78, 5) is 11.5. The summed E-state index contributed by atoms with van der Waals surface area (Å²) in [6.07, 6.45) is 0.784. The first-order chi connectivity index (χ1) is 9.10. The lowest BCUT2D eigenvalue weighted by atomic mass is 10.2. The van der Waals surface area contributed by atoms with Gasteiger partial charge in [0.05, 0.1) is 17.3 Å². The number of ketones is 1. The molecule has 19 heavy (non-hydrogen) atoms. The molecule has 2 rings (SSSR count). The van der Waals surface area contributed by atoms with Gasteiger partial charge < -0.3 is 14.2 Å². The third-order valence-electron chi connectivity index (χ3n) is 2.80. The first kappa shape index (κ1) is 14.5. The molecule has 1 aromatic carbocycles. The largest absolute Gasteiger partial charge is 0.497 e. The summed E-state index contributed by atoms with van der Waals surface area (Å²) in [5.41, 5.74) is 1.03. The van der Waals surface area contributed by atoms with E-state index in [4.69, 9.17) is 14.2 Å². The number of Topliss-reactive ketones (excluding diaryl/α,β-unsaturated/α-hetero) is 1. The first-order valence-electron chi connectivity index (χ1n) is 5.91. The Morgan fingerprint density at radius 3 is 2.58 bits per heavy atom. The van der Waals surface area contributed by atoms with Crippen molar-refractivity contribution >= 4 is 28.4 Å². The van der Waals surface area contributed by atoms with E-state index in [1.54, 1.807) is 20.1 Å². The Morgan fingerprint density at radius 1 is 1.32 bits per heavy atom. The molecule has 1 heterocycles. The van der Waals surface area contributed by atoms with Gasteiger partial charge in [-0.25, -0.2) is 0 Å². The molecule has 1 aliphatic rings. The van der Waals surface area contributed by atoms with E-state index in [2.05, 4.69) is 0 Å². The predicted octanol–water partition coefficient (Wildman–Crippen LogP) is 2.84. The van der Waals surface area contributed by atoms with Crippen LogP contribution in [0.2, 0.25) is 0 Å². The van der Waals surface area contributed by atoms with Crippen molar-refractivity contribution < 1.29 is 19.0 Å². The van der Waals surface area contributed by atoms with Gasteiger partial charge in [-0.1, -0.05) is 12.1 Å². The van der Waals surface area contributed by atoms with Crippen LogP contribution in [-0.2, 0) is 20.9 Å². The minimum atomic E-state index is -0.471. The standard InChI is InChI=1S/C14H15IO4/c1-9-14(16)12(15)7-13(19-9)18-8-10-3-5-11(17-2)6-4-10/h3-7,9,13H,8H2,1-2H3/t9-,13+/m0/s1. The molecular formula is C14H15IO4. The number of hydrogen-bond donors (Lipinski definition) is 0. The lowest BCUT2D eigenvalue weighted by Crippen LogP contribution is -2.32. The fourth-order valence-electron chi connectivity index (χ4n) is 1.69. The van der Waals surface area contributed by atoms with Gasteiger partial charge in [0.15, 0.2) is 12.1 Å². The Kier molecular flexibility index (Phi) is 4.95. The van der Waals surface area contributed by atoms with Gasteiger partial charge in [0.2, 0.25) is 0 Å². The second kappa shape index (κ2) is 6.49. The molecule has 1 aliphatic heterocycles. The van der Waals surface area contributed by atoms with E-state index in [-0.39, 0.29) is 5.78 Å². The molecule has 0 N–H and O–H groups in total. The number of methoxy groups -OCH3 is 1. The van der Waals surface area contributed by atoms with Crippen molar-refractivity contribution in [3.05, 3.63) is 39.5 Å². The van der Waals surface area contributed by atoms with Gasteiger partial charge in [0, 0.05) is 0 Å². The number of rotatable bonds is 4. The van der Waals surface area contributed by atoms with Crippen LogP contribution in [0, 0.1) is 0 Å². The maximum absolute atomic E-state index is 11.5. The van der Waals surface area contributed by atoms with Crippen molar-refractivity contribution in [2.75, 3.05) is 7.11 Å². The SMILES string of the molecule is COc1ccc(CO[C@H]2C=C(I)C(=O)[C@H](C)O2)cc1. The summed E-state index contributed by atoms with van der Waals surface area (Å²) in [6, 6.07) is 7.63. The molecule has 2 atom stereocenters. The maximum atomic E-state index is 11.5. The molecule has 102 valence electrons. The second-order valence-corrected chi connectivity index (χ2v) is 5.35. The lowest BCUT2D eigenvalue weighted by Gasteiger charge is -2.24. The van der Waals surface area contributed by atoms with Gasteiger partial charge in [-0.2, -0.15) is 0 Å². The van der Waals surface area contributed by atoms with Crippen LogP contribution in [0.15, 0.2) is 33.9 Å². The van der Waals surface area contributed by atoms with E-state index in [0.717, 1.165) is 11.3 Å². The van der Waals surface area contributed by atoms with E-state index in [1.165, 1.54) is 0 Å². The van der Waals surface area contributed by atoms with Crippen LogP contribution in [0.3, 0.4) is 0 Å². The molecule has 0 amide bonds.